The number of aromatic amines is 1. The average molecular weight is 260 g/mol. The summed E-state index contributed by atoms with van der Waals surface area (Å²) in [5.41, 5.74) is 1.09. The number of amides is 1. The predicted octanol–water partition coefficient (Wildman–Crippen LogP) is 1.94. The van der Waals surface area contributed by atoms with Crippen molar-refractivity contribution in [3.8, 4) is 0 Å². The van der Waals surface area contributed by atoms with Crippen LogP contribution in [0.3, 0.4) is 0 Å². The van der Waals surface area contributed by atoms with E-state index in [0.717, 1.165) is 11.3 Å². The Morgan fingerprint density at radius 2 is 2.33 bits per heavy atom. The smallest absolute Gasteiger partial charge is 0.248 e. The Labute approximate surface area is 108 Å². The van der Waals surface area contributed by atoms with Crippen molar-refractivity contribution in [1.29, 1.82) is 0 Å². The van der Waals surface area contributed by atoms with Crippen molar-refractivity contribution in [2.75, 3.05) is 11.1 Å². The fraction of sp³-hybridized carbons (Fsp3) is 0.250. The molecule has 1 aromatic heterocycles. The number of anilines is 1. The number of hydrogen-bond donors (Lipinski definition) is 2. The van der Waals surface area contributed by atoms with E-state index in [-0.39, 0.29) is 11.8 Å². The lowest BCUT2D eigenvalue weighted by molar-refractivity contribution is -0.117. The molecular formula is C12H12N4OS. The number of carbonyl (C=O) groups is 1. The van der Waals surface area contributed by atoms with Gasteiger partial charge in [-0.25, -0.2) is 0 Å². The lowest BCUT2D eigenvalue weighted by Crippen LogP contribution is -2.21. The first-order valence-electron chi connectivity index (χ1n) is 5.65. The molecule has 0 spiro atoms. The molecule has 2 heterocycles. The van der Waals surface area contributed by atoms with Gasteiger partial charge in [0.15, 0.2) is 0 Å². The van der Waals surface area contributed by atoms with Crippen LogP contribution in [0.15, 0.2) is 29.2 Å². The van der Waals surface area contributed by atoms with Crippen molar-refractivity contribution in [2.24, 2.45) is 0 Å². The molecule has 18 heavy (non-hydrogen) atoms. The number of nitrogens with zero attached hydrogens (tertiary/aromatic N) is 2. The summed E-state index contributed by atoms with van der Waals surface area (Å²) >= 11 is 1.71. The maximum Gasteiger partial charge on any atom is 0.248 e. The van der Waals surface area contributed by atoms with Gasteiger partial charge in [0, 0.05) is 10.6 Å². The number of thioether (sulfide) groups is 1. The van der Waals surface area contributed by atoms with Crippen LogP contribution in [0, 0.1) is 6.92 Å². The SMILES string of the molecule is Cc1nc(NC(=O)C2CSc3ccccc32)n[nH]1. The van der Waals surface area contributed by atoms with Crippen LogP contribution in [-0.2, 0) is 4.79 Å². The molecule has 2 N–H and O–H groups in total. The Kier molecular flexibility index (Phi) is 2.79. The van der Waals surface area contributed by atoms with E-state index in [9.17, 15) is 4.79 Å². The van der Waals surface area contributed by atoms with Gasteiger partial charge in [-0.2, -0.15) is 4.98 Å². The van der Waals surface area contributed by atoms with E-state index in [1.807, 2.05) is 24.3 Å². The molecule has 5 nitrogen and oxygen atoms in total. The lowest BCUT2D eigenvalue weighted by atomic mass is 10.0. The highest BCUT2D eigenvalue weighted by Gasteiger charge is 2.29. The van der Waals surface area contributed by atoms with Crippen molar-refractivity contribution in [1.82, 2.24) is 15.2 Å². The van der Waals surface area contributed by atoms with E-state index in [0.29, 0.717) is 11.8 Å². The Hall–Kier alpha value is -1.82. The molecule has 0 saturated heterocycles. The Balaban J connectivity index is 1.78. The van der Waals surface area contributed by atoms with Crippen molar-refractivity contribution in [3.63, 3.8) is 0 Å². The van der Waals surface area contributed by atoms with E-state index in [1.54, 1.807) is 18.7 Å². The first-order valence-corrected chi connectivity index (χ1v) is 6.64. The monoisotopic (exact) mass is 260 g/mol. The molecule has 92 valence electrons. The van der Waals surface area contributed by atoms with Crippen LogP contribution in [0.4, 0.5) is 5.95 Å². The van der Waals surface area contributed by atoms with Gasteiger partial charge < -0.3 is 0 Å². The zero-order valence-electron chi connectivity index (χ0n) is 9.80. The highest BCUT2D eigenvalue weighted by molar-refractivity contribution is 7.99. The third kappa shape index (κ3) is 1.99. The maximum absolute atomic E-state index is 12.2. The molecule has 1 amide bonds. The predicted molar refractivity (Wildman–Crippen MR) is 69.7 cm³/mol. The van der Waals surface area contributed by atoms with Gasteiger partial charge >= 0.3 is 0 Å². The lowest BCUT2D eigenvalue weighted by Gasteiger charge is -2.08. The number of aryl methyl sites for hydroxylation is 1. The number of aromatic nitrogens is 3. The summed E-state index contributed by atoms with van der Waals surface area (Å²) in [6.45, 7) is 1.80. The van der Waals surface area contributed by atoms with E-state index in [1.165, 1.54) is 4.90 Å². The van der Waals surface area contributed by atoms with E-state index < -0.39 is 0 Å². The highest BCUT2D eigenvalue weighted by Crippen LogP contribution is 2.39. The summed E-state index contributed by atoms with van der Waals surface area (Å²) in [6, 6.07) is 8.00. The fourth-order valence-corrected chi connectivity index (χ4v) is 3.20. The number of rotatable bonds is 2. The molecule has 1 aliphatic heterocycles. The fourth-order valence-electron chi connectivity index (χ4n) is 1.98. The summed E-state index contributed by atoms with van der Waals surface area (Å²) in [4.78, 5) is 17.4. The second-order valence-corrected chi connectivity index (χ2v) is 5.20. The van der Waals surface area contributed by atoms with Crippen LogP contribution in [0.2, 0.25) is 0 Å². The zero-order chi connectivity index (χ0) is 12.5. The number of H-pyrrole nitrogens is 1. The largest absolute Gasteiger partial charge is 0.293 e. The number of fused-ring (bicyclic) bond motifs is 1. The average Bonchev–Trinajstić information content (AvgIpc) is 2.95. The zero-order valence-corrected chi connectivity index (χ0v) is 10.6. The minimum Gasteiger partial charge on any atom is -0.293 e. The number of carbonyl (C=O) groups excluding carboxylic acids is 1. The van der Waals surface area contributed by atoms with Gasteiger partial charge in [0.25, 0.3) is 0 Å². The summed E-state index contributed by atoms with van der Waals surface area (Å²) < 4.78 is 0. The Bertz CT molecular complexity index is 595. The maximum atomic E-state index is 12.2. The summed E-state index contributed by atoms with van der Waals surface area (Å²) in [5.74, 6) is 1.63. The molecule has 6 heteroatoms. The van der Waals surface area contributed by atoms with Gasteiger partial charge in [0.2, 0.25) is 11.9 Å². The normalized spacial score (nSPS) is 17.5. The van der Waals surface area contributed by atoms with Gasteiger partial charge in [-0.15, -0.1) is 16.9 Å². The third-order valence-electron chi connectivity index (χ3n) is 2.85. The van der Waals surface area contributed by atoms with Crippen LogP contribution >= 0.6 is 11.8 Å². The molecule has 1 unspecified atom stereocenters. The molecule has 0 bridgehead atoms. The van der Waals surface area contributed by atoms with Crippen LogP contribution in [-0.4, -0.2) is 26.8 Å². The highest BCUT2D eigenvalue weighted by atomic mass is 32.2. The molecule has 1 aromatic carbocycles. The van der Waals surface area contributed by atoms with Gasteiger partial charge in [0.1, 0.15) is 5.82 Å². The summed E-state index contributed by atoms with van der Waals surface area (Å²) in [6.07, 6.45) is 0. The molecule has 0 saturated carbocycles. The minimum absolute atomic E-state index is 0.0496. The molecule has 1 aliphatic rings. The molecule has 0 fully saturated rings. The standard InChI is InChI=1S/C12H12N4OS/c1-7-13-12(16-15-7)14-11(17)9-6-18-10-5-3-2-4-8(9)10/h2-5,9H,6H2,1H3,(H2,13,14,15,16,17). The number of benzene rings is 1. The van der Waals surface area contributed by atoms with Crippen LogP contribution in [0.1, 0.15) is 17.3 Å². The van der Waals surface area contributed by atoms with Gasteiger partial charge in [-0.1, -0.05) is 18.2 Å². The summed E-state index contributed by atoms with van der Waals surface area (Å²) in [7, 11) is 0. The van der Waals surface area contributed by atoms with Crippen molar-refractivity contribution in [3.05, 3.63) is 35.7 Å². The van der Waals surface area contributed by atoms with E-state index in [2.05, 4.69) is 20.5 Å². The number of hydrogen-bond acceptors (Lipinski definition) is 4. The van der Waals surface area contributed by atoms with Crippen LogP contribution < -0.4 is 5.32 Å². The quantitative estimate of drug-likeness (QED) is 0.865. The topological polar surface area (TPSA) is 70.7 Å². The van der Waals surface area contributed by atoms with Gasteiger partial charge in [-0.05, 0) is 18.6 Å². The first-order chi connectivity index (χ1) is 8.74. The molecule has 2 aromatic rings. The van der Waals surface area contributed by atoms with Crippen LogP contribution in [0.5, 0.6) is 0 Å². The van der Waals surface area contributed by atoms with Crippen molar-refractivity contribution >= 4 is 23.6 Å². The summed E-state index contributed by atoms with van der Waals surface area (Å²) in [5, 5.41) is 9.35. The second kappa shape index (κ2) is 4.45. The molecule has 0 aliphatic carbocycles. The Morgan fingerprint density at radius 3 is 3.11 bits per heavy atom. The van der Waals surface area contributed by atoms with Crippen molar-refractivity contribution in [2.45, 2.75) is 17.7 Å². The number of nitrogens with one attached hydrogen (secondary N) is 2. The molecule has 0 radical (unpaired) electrons. The molecule has 1 atom stereocenters. The van der Waals surface area contributed by atoms with E-state index >= 15 is 0 Å². The molecular weight excluding hydrogens is 248 g/mol. The minimum atomic E-state index is -0.120. The second-order valence-electron chi connectivity index (χ2n) is 4.14. The molecule has 3 rings (SSSR count). The van der Waals surface area contributed by atoms with Crippen LogP contribution in [0.25, 0.3) is 0 Å². The van der Waals surface area contributed by atoms with Crippen molar-refractivity contribution < 1.29 is 4.79 Å². The van der Waals surface area contributed by atoms with Gasteiger partial charge in [0.05, 0.1) is 5.92 Å². The Morgan fingerprint density at radius 1 is 1.50 bits per heavy atom. The van der Waals surface area contributed by atoms with Gasteiger partial charge in [-0.3, -0.25) is 15.2 Å². The third-order valence-corrected chi connectivity index (χ3v) is 4.03. The first kappa shape index (κ1) is 11.3. The van der Waals surface area contributed by atoms with E-state index in [4.69, 9.17) is 0 Å².